The molecule has 1 unspecified atom stereocenters. The highest BCUT2D eigenvalue weighted by Crippen LogP contribution is 2.30. The highest BCUT2D eigenvalue weighted by atomic mass is 32.2. The summed E-state index contributed by atoms with van der Waals surface area (Å²) in [5, 5.41) is 9.49. The molecule has 1 aromatic heterocycles. The van der Waals surface area contributed by atoms with Gasteiger partial charge in [-0.25, -0.2) is 4.79 Å². The van der Waals surface area contributed by atoms with Crippen molar-refractivity contribution in [1.29, 1.82) is 0 Å². The van der Waals surface area contributed by atoms with E-state index in [0.717, 1.165) is 27.9 Å². The first-order valence-corrected chi connectivity index (χ1v) is 12.7. The largest absolute Gasteiger partial charge is 0.467 e. The van der Waals surface area contributed by atoms with Gasteiger partial charge in [-0.2, -0.15) is 0 Å². The van der Waals surface area contributed by atoms with Crippen molar-refractivity contribution in [2.24, 2.45) is 0 Å². The Bertz CT molecular complexity index is 1390. The maximum Gasteiger partial charge on any atom is 0.328 e. The number of carbonyl (C=O) groups is 2. The molecule has 182 valence electrons. The second-order valence-electron chi connectivity index (χ2n) is 8.67. The standard InChI is InChI=1S/C28H26N4O3S/c1-19-12-14-23(15-13-19)32-26(20-8-4-3-5-9-20)29-30-28(32)36-18-25(33)31-17-22-11-7-6-10-21(22)16-24(31)27(34)35-2/h3-15,24H,16-18H2,1-2H3. The third-order valence-corrected chi connectivity index (χ3v) is 7.24. The average molecular weight is 499 g/mol. The Labute approximate surface area is 214 Å². The van der Waals surface area contributed by atoms with Crippen LogP contribution in [0.5, 0.6) is 0 Å². The van der Waals surface area contributed by atoms with E-state index in [4.69, 9.17) is 4.74 Å². The van der Waals surface area contributed by atoms with Crippen molar-refractivity contribution in [2.45, 2.75) is 31.1 Å². The van der Waals surface area contributed by atoms with Crippen LogP contribution < -0.4 is 0 Å². The molecule has 0 aliphatic carbocycles. The molecule has 8 heteroatoms. The zero-order chi connectivity index (χ0) is 25.1. The van der Waals surface area contributed by atoms with Crippen LogP contribution in [0.3, 0.4) is 0 Å². The van der Waals surface area contributed by atoms with E-state index in [0.29, 0.717) is 23.9 Å². The van der Waals surface area contributed by atoms with Crippen molar-refractivity contribution in [2.75, 3.05) is 12.9 Å². The molecule has 0 fully saturated rings. The van der Waals surface area contributed by atoms with Gasteiger partial charge >= 0.3 is 5.97 Å². The van der Waals surface area contributed by atoms with E-state index in [1.807, 2.05) is 90.4 Å². The number of methoxy groups -OCH3 is 1. The number of amides is 1. The van der Waals surface area contributed by atoms with Crippen LogP contribution >= 0.6 is 11.8 Å². The van der Waals surface area contributed by atoms with Crippen molar-refractivity contribution in [3.8, 4) is 17.1 Å². The van der Waals surface area contributed by atoms with E-state index < -0.39 is 12.0 Å². The van der Waals surface area contributed by atoms with Gasteiger partial charge in [-0.05, 0) is 30.2 Å². The molecule has 1 aliphatic heterocycles. The van der Waals surface area contributed by atoms with Gasteiger partial charge in [0, 0.05) is 24.2 Å². The highest BCUT2D eigenvalue weighted by Gasteiger charge is 2.35. The van der Waals surface area contributed by atoms with Crippen LogP contribution in [0.25, 0.3) is 17.1 Å². The minimum atomic E-state index is -0.646. The smallest absolute Gasteiger partial charge is 0.328 e. The molecule has 1 aliphatic rings. The summed E-state index contributed by atoms with van der Waals surface area (Å²) in [6.07, 6.45) is 0.441. The number of thioether (sulfide) groups is 1. The van der Waals surface area contributed by atoms with Gasteiger partial charge in [-0.3, -0.25) is 9.36 Å². The molecule has 0 spiro atoms. The number of aromatic nitrogens is 3. The number of benzene rings is 3. The lowest BCUT2D eigenvalue weighted by Gasteiger charge is -2.35. The number of rotatable bonds is 6. The second kappa shape index (κ2) is 10.4. The van der Waals surface area contributed by atoms with Gasteiger partial charge in [0.05, 0.1) is 12.9 Å². The van der Waals surface area contributed by atoms with Crippen LogP contribution in [-0.4, -0.2) is 50.4 Å². The Kier molecular flexibility index (Phi) is 6.86. The molecule has 0 saturated carbocycles. The minimum Gasteiger partial charge on any atom is -0.467 e. The molecule has 4 aromatic rings. The first-order valence-electron chi connectivity index (χ1n) is 11.7. The number of aryl methyl sites for hydroxylation is 1. The van der Waals surface area contributed by atoms with E-state index in [9.17, 15) is 9.59 Å². The summed E-state index contributed by atoms with van der Waals surface area (Å²) in [5.74, 6) is 0.268. The maximum atomic E-state index is 13.4. The SMILES string of the molecule is COC(=O)C1Cc2ccccc2CN1C(=O)CSc1nnc(-c2ccccc2)n1-c1ccc(C)cc1. The highest BCUT2D eigenvalue weighted by molar-refractivity contribution is 7.99. The van der Waals surface area contributed by atoms with Gasteiger partial charge in [-0.1, -0.05) is 84.1 Å². The molecule has 3 aromatic carbocycles. The van der Waals surface area contributed by atoms with Gasteiger partial charge in [0.25, 0.3) is 0 Å². The van der Waals surface area contributed by atoms with E-state index in [-0.39, 0.29) is 11.7 Å². The van der Waals surface area contributed by atoms with Crippen LogP contribution in [0.15, 0.2) is 84.0 Å². The zero-order valence-electron chi connectivity index (χ0n) is 20.1. The lowest BCUT2D eigenvalue weighted by atomic mass is 9.94. The predicted octanol–water partition coefficient (Wildman–Crippen LogP) is 4.46. The lowest BCUT2D eigenvalue weighted by molar-refractivity contribution is -0.153. The molecule has 5 rings (SSSR count). The second-order valence-corrected chi connectivity index (χ2v) is 9.61. The van der Waals surface area contributed by atoms with Gasteiger partial charge < -0.3 is 9.64 Å². The number of ether oxygens (including phenoxy) is 1. The Morgan fingerprint density at radius 1 is 0.944 bits per heavy atom. The summed E-state index contributed by atoms with van der Waals surface area (Å²) in [6, 6.07) is 25.2. The number of esters is 1. The van der Waals surface area contributed by atoms with Gasteiger partial charge in [-0.15, -0.1) is 10.2 Å². The third-order valence-electron chi connectivity index (χ3n) is 6.32. The molecule has 36 heavy (non-hydrogen) atoms. The quantitative estimate of drug-likeness (QED) is 0.289. The number of hydrogen-bond acceptors (Lipinski definition) is 6. The Morgan fingerprint density at radius 2 is 1.64 bits per heavy atom. The molecule has 1 atom stereocenters. The minimum absolute atomic E-state index is 0.119. The summed E-state index contributed by atoms with van der Waals surface area (Å²) < 4.78 is 6.99. The van der Waals surface area contributed by atoms with E-state index in [2.05, 4.69) is 10.2 Å². The van der Waals surface area contributed by atoms with Crippen molar-refractivity contribution in [3.63, 3.8) is 0 Å². The average Bonchev–Trinajstić information content (AvgIpc) is 3.35. The van der Waals surface area contributed by atoms with Crippen LogP contribution in [0.4, 0.5) is 0 Å². The fourth-order valence-electron chi connectivity index (χ4n) is 4.41. The van der Waals surface area contributed by atoms with Crippen molar-refractivity contribution < 1.29 is 14.3 Å². The van der Waals surface area contributed by atoms with Crippen molar-refractivity contribution in [3.05, 3.63) is 95.6 Å². The zero-order valence-corrected chi connectivity index (χ0v) is 20.9. The number of nitrogens with zero attached hydrogens (tertiary/aromatic N) is 4. The summed E-state index contributed by atoms with van der Waals surface area (Å²) in [5.41, 5.74) is 5.11. The molecule has 0 saturated heterocycles. The first kappa shape index (κ1) is 23.8. The summed E-state index contributed by atoms with van der Waals surface area (Å²) >= 11 is 1.31. The molecule has 0 bridgehead atoms. The van der Waals surface area contributed by atoms with E-state index >= 15 is 0 Å². The fourth-order valence-corrected chi connectivity index (χ4v) is 5.24. The van der Waals surface area contributed by atoms with Crippen molar-refractivity contribution in [1.82, 2.24) is 19.7 Å². The summed E-state index contributed by atoms with van der Waals surface area (Å²) in [4.78, 5) is 27.6. The van der Waals surface area contributed by atoms with Crippen LogP contribution in [0.2, 0.25) is 0 Å². The van der Waals surface area contributed by atoms with Gasteiger partial charge in [0.2, 0.25) is 5.91 Å². The topological polar surface area (TPSA) is 77.3 Å². The number of carbonyl (C=O) groups excluding carboxylic acids is 2. The summed E-state index contributed by atoms with van der Waals surface area (Å²) in [6.45, 7) is 2.41. The molecule has 1 amide bonds. The lowest BCUT2D eigenvalue weighted by Crippen LogP contribution is -2.49. The Balaban J connectivity index is 1.42. The number of fused-ring (bicyclic) bond motifs is 1. The molecule has 0 N–H and O–H groups in total. The molecular weight excluding hydrogens is 472 g/mol. The third kappa shape index (κ3) is 4.77. The molecule has 7 nitrogen and oxygen atoms in total. The molecular formula is C28H26N4O3S. The Hall–Kier alpha value is -3.91. The Morgan fingerprint density at radius 3 is 2.36 bits per heavy atom. The maximum absolute atomic E-state index is 13.4. The normalized spacial score (nSPS) is 14.8. The first-order chi connectivity index (χ1) is 17.5. The van der Waals surface area contributed by atoms with E-state index in [1.165, 1.54) is 18.9 Å². The van der Waals surface area contributed by atoms with Crippen LogP contribution in [0, 0.1) is 6.92 Å². The predicted molar refractivity (Wildman–Crippen MR) is 139 cm³/mol. The van der Waals surface area contributed by atoms with E-state index in [1.54, 1.807) is 4.90 Å². The van der Waals surface area contributed by atoms with Crippen LogP contribution in [-0.2, 0) is 27.3 Å². The van der Waals surface area contributed by atoms with Crippen molar-refractivity contribution >= 4 is 23.6 Å². The molecule has 0 radical (unpaired) electrons. The number of hydrogen-bond donors (Lipinski definition) is 0. The van der Waals surface area contributed by atoms with Gasteiger partial charge in [0.15, 0.2) is 11.0 Å². The van der Waals surface area contributed by atoms with Crippen LogP contribution in [0.1, 0.15) is 16.7 Å². The fraction of sp³-hybridized carbons (Fsp3) is 0.214. The molecule has 2 heterocycles. The summed E-state index contributed by atoms with van der Waals surface area (Å²) in [7, 11) is 1.36. The monoisotopic (exact) mass is 498 g/mol. The van der Waals surface area contributed by atoms with Gasteiger partial charge in [0.1, 0.15) is 6.04 Å².